The molecular weight excluding hydrogens is 214 g/mol. The first-order chi connectivity index (χ1) is 8.25. The number of para-hydroxylation sites is 1. The van der Waals surface area contributed by atoms with Crippen molar-refractivity contribution in [2.45, 2.75) is 18.9 Å². The molecule has 86 valence electrons. The van der Waals surface area contributed by atoms with Crippen molar-refractivity contribution >= 4 is 0 Å². The fourth-order valence-electron chi connectivity index (χ4n) is 2.18. The Morgan fingerprint density at radius 1 is 1.29 bits per heavy atom. The highest BCUT2D eigenvalue weighted by atomic mass is 16.3. The molecular formula is C13H13N3O. The number of aryl methyl sites for hydroxylation is 1. The van der Waals surface area contributed by atoms with Gasteiger partial charge in [0.25, 0.3) is 0 Å². The lowest BCUT2D eigenvalue weighted by Gasteiger charge is -2.06. The van der Waals surface area contributed by atoms with Gasteiger partial charge in [0.1, 0.15) is 5.75 Å². The summed E-state index contributed by atoms with van der Waals surface area (Å²) in [5.41, 5.74) is 8.64. The van der Waals surface area contributed by atoms with Crippen LogP contribution >= 0.6 is 0 Å². The molecule has 0 saturated heterocycles. The molecule has 3 rings (SSSR count). The average Bonchev–Trinajstić information content (AvgIpc) is 2.71. The Kier molecular flexibility index (Phi) is 2.30. The minimum Gasteiger partial charge on any atom is -0.507 e. The molecule has 4 heteroatoms. The lowest BCUT2D eigenvalue weighted by molar-refractivity contribution is 0.477. The molecule has 4 nitrogen and oxygen atoms in total. The van der Waals surface area contributed by atoms with E-state index in [4.69, 9.17) is 5.73 Å². The highest BCUT2D eigenvalue weighted by Gasteiger charge is 2.21. The van der Waals surface area contributed by atoms with Crippen LogP contribution in [0.2, 0.25) is 0 Å². The lowest BCUT2D eigenvalue weighted by atomic mass is 10.1. The molecule has 1 atom stereocenters. The van der Waals surface area contributed by atoms with Gasteiger partial charge in [-0.15, -0.1) is 0 Å². The van der Waals surface area contributed by atoms with Crippen LogP contribution in [0.1, 0.15) is 23.7 Å². The number of phenolic OH excluding ortho intramolecular Hbond substituents is 1. The molecule has 3 N–H and O–H groups in total. The zero-order valence-corrected chi connectivity index (χ0v) is 9.30. The van der Waals surface area contributed by atoms with Gasteiger partial charge in [-0.25, -0.2) is 9.97 Å². The van der Waals surface area contributed by atoms with Crippen LogP contribution in [0.15, 0.2) is 30.5 Å². The van der Waals surface area contributed by atoms with Gasteiger partial charge in [0.2, 0.25) is 0 Å². The Balaban J connectivity index is 2.09. The fraction of sp³-hybridized carbons (Fsp3) is 0.231. The van der Waals surface area contributed by atoms with Gasteiger partial charge in [-0.3, -0.25) is 0 Å². The van der Waals surface area contributed by atoms with Crippen molar-refractivity contribution in [3.05, 3.63) is 41.7 Å². The second-order valence-corrected chi connectivity index (χ2v) is 4.26. The van der Waals surface area contributed by atoms with E-state index < -0.39 is 0 Å². The third kappa shape index (κ3) is 1.66. The molecule has 0 aliphatic heterocycles. The molecule has 1 aliphatic rings. The molecule has 2 aromatic rings. The van der Waals surface area contributed by atoms with E-state index in [1.807, 2.05) is 12.1 Å². The van der Waals surface area contributed by atoms with E-state index in [9.17, 15) is 5.11 Å². The summed E-state index contributed by atoms with van der Waals surface area (Å²) in [7, 11) is 0. The number of aromatic nitrogens is 2. The van der Waals surface area contributed by atoms with Gasteiger partial charge in [-0.1, -0.05) is 12.1 Å². The SMILES string of the molecule is NC1CCc2nc(-c3ccccc3O)ncc21. The van der Waals surface area contributed by atoms with E-state index in [1.165, 1.54) is 0 Å². The summed E-state index contributed by atoms with van der Waals surface area (Å²) in [6.45, 7) is 0. The Labute approximate surface area is 99.2 Å². The largest absolute Gasteiger partial charge is 0.507 e. The molecule has 0 bridgehead atoms. The predicted molar refractivity (Wildman–Crippen MR) is 64.4 cm³/mol. The Morgan fingerprint density at radius 2 is 2.12 bits per heavy atom. The third-order valence-corrected chi connectivity index (χ3v) is 3.14. The zero-order valence-electron chi connectivity index (χ0n) is 9.30. The number of fused-ring (bicyclic) bond motifs is 1. The van der Waals surface area contributed by atoms with Crippen LogP contribution < -0.4 is 5.73 Å². The maximum absolute atomic E-state index is 9.76. The van der Waals surface area contributed by atoms with Crippen molar-refractivity contribution in [1.29, 1.82) is 0 Å². The maximum atomic E-state index is 9.76. The van der Waals surface area contributed by atoms with Crippen LogP contribution in [0.25, 0.3) is 11.4 Å². The van der Waals surface area contributed by atoms with E-state index in [0.717, 1.165) is 24.1 Å². The Hall–Kier alpha value is -1.94. The van der Waals surface area contributed by atoms with Crippen LogP contribution in [0, 0.1) is 0 Å². The van der Waals surface area contributed by atoms with Crippen molar-refractivity contribution in [3.8, 4) is 17.1 Å². The number of aromatic hydroxyl groups is 1. The van der Waals surface area contributed by atoms with Crippen LogP contribution in [0.4, 0.5) is 0 Å². The van der Waals surface area contributed by atoms with Crippen LogP contribution in [-0.4, -0.2) is 15.1 Å². The standard InChI is InChI=1S/C13H13N3O/c14-10-5-6-11-9(10)7-15-13(16-11)8-3-1-2-4-12(8)17/h1-4,7,10,17H,5-6,14H2. The molecule has 1 heterocycles. The molecule has 1 aromatic carbocycles. The van der Waals surface area contributed by atoms with Crippen molar-refractivity contribution in [2.24, 2.45) is 5.73 Å². The zero-order chi connectivity index (χ0) is 11.8. The summed E-state index contributed by atoms with van der Waals surface area (Å²) in [4.78, 5) is 8.76. The molecule has 17 heavy (non-hydrogen) atoms. The topological polar surface area (TPSA) is 72.0 Å². The number of nitrogens with two attached hydrogens (primary N) is 1. The van der Waals surface area contributed by atoms with E-state index >= 15 is 0 Å². The van der Waals surface area contributed by atoms with Gasteiger partial charge < -0.3 is 10.8 Å². The van der Waals surface area contributed by atoms with Gasteiger partial charge in [0.05, 0.1) is 5.56 Å². The maximum Gasteiger partial charge on any atom is 0.163 e. The molecule has 1 unspecified atom stereocenters. The number of phenols is 1. The molecule has 1 aliphatic carbocycles. The lowest BCUT2D eigenvalue weighted by Crippen LogP contribution is -2.06. The molecule has 0 radical (unpaired) electrons. The first kappa shape index (κ1) is 10.2. The molecule has 1 aromatic heterocycles. The summed E-state index contributed by atoms with van der Waals surface area (Å²) in [5.74, 6) is 0.769. The van der Waals surface area contributed by atoms with Gasteiger partial charge in [-0.05, 0) is 25.0 Å². The Bertz CT molecular complexity index is 568. The number of hydrogen-bond acceptors (Lipinski definition) is 4. The first-order valence-corrected chi connectivity index (χ1v) is 5.65. The fourth-order valence-corrected chi connectivity index (χ4v) is 2.18. The van der Waals surface area contributed by atoms with E-state index in [0.29, 0.717) is 11.4 Å². The van der Waals surface area contributed by atoms with E-state index in [1.54, 1.807) is 18.3 Å². The Morgan fingerprint density at radius 3 is 2.94 bits per heavy atom. The molecule has 0 spiro atoms. The van der Waals surface area contributed by atoms with Crippen molar-refractivity contribution in [3.63, 3.8) is 0 Å². The van der Waals surface area contributed by atoms with Gasteiger partial charge >= 0.3 is 0 Å². The van der Waals surface area contributed by atoms with Crippen LogP contribution in [-0.2, 0) is 6.42 Å². The van der Waals surface area contributed by atoms with Gasteiger partial charge in [-0.2, -0.15) is 0 Å². The molecule has 0 fully saturated rings. The second-order valence-electron chi connectivity index (χ2n) is 4.26. The number of benzene rings is 1. The highest BCUT2D eigenvalue weighted by molar-refractivity contribution is 5.63. The minimum atomic E-state index is 0.0587. The van der Waals surface area contributed by atoms with Crippen molar-refractivity contribution in [1.82, 2.24) is 9.97 Å². The number of hydrogen-bond donors (Lipinski definition) is 2. The number of rotatable bonds is 1. The summed E-state index contributed by atoms with van der Waals surface area (Å²) in [6, 6.07) is 7.15. The molecule has 0 saturated carbocycles. The monoisotopic (exact) mass is 227 g/mol. The predicted octanol–water partition coefficient (Wildman–Crippen LogP) is 1.80. The quantitative estimate of drug-likeness (QED) is 0.779. The van der Waals surface area contributed by atoms with E-state index in [-0.39, 0.29) is 11.8 Å². The normalized spacial score (nSPS) is 18.1. The summed E-state index contributed by atoms with van der Waals surface area (Å²) in [6.07, 6.45) is 3.59. The van der Waals surface area contributed by atoms with Crippen molar-refractivity contribution in [2.75, 3.05) is 0 Å². The summed E-state index contributed by atoms with van der Waals surface area (Å²) >= 11 is 0. The van der Waals surface area contributed by atoms with E-state index in [2.05, 4.69) is 9.97 Å². The highest BCUT2D eigenvalue weighted by Crippen LogP contribution is 2.31. The van der Waals surface area contributed by atoms with Crippen LogP contribution in [0.5, 0.6) is 5.75 Å². The van der Waals surface area contributed by atoms with Crippen LogP contribution in [0.3, 0.4) is 0 Å². The second kappa shape index (κ2) is 3.82. The summed E-state index contributed by atoms with van der Waals surface area (Å²) < 4.78 is 0. The number of nitrogens with zero attached hydrogens (tertiary/aromatic N) is 2. The average molecular weight is 227 g/mol. The first-order valence-electron chi connectivity index (χ1n) is 5.65. The smallest absolute Gasteiger partial charge is 0.163 e. The summed E-state index contributed by atoms with van der Waals surface area (Å²) in [5, 5.41) is 9.76. The molecule has 0 amide bonds. The van der Waals surface area contributed by atoms with Gasteiger partial charge in [0.15, 0.2) is 5.82 Å². The van der Waals surface area contributed by atoms with Gasteiger partial charge in [0, 0.05) is 23.5 Å². The third-order valence-electron chi connectivity index (χ3n) is 3.14. The minimum absolute atomic E-state index is 0.0587. The van der Waals surface area contributed by atoms with Crippen molar-refractivity contribution < 1.29 is 5.11 Å².